The third kappa shape index (κ3) is 3.67. The van der Waals surface area contributed by atoms with Crippen molar-refractivity contribution in [1.82, 2.24) is 9.88 Å². The van der Waals surface area contributed by atoms with E-state index in [1.54, 1.807) is 6.20 Å². The Morgan fingerprint density at radius 2 is 2.37 bits per heavy atom. The summed E-state index contributed by atoms with van der Waals surface area (Å²) in [5.41, 5.74) is 0.609. The van der Waals surface area contributed by atoms with E-state index in [9.17, 15) is 4.79 Å². The molecule has 2 heterocycles. The molecule has 1 aromatic rings. The molecule has 1 N–H and O–H groups in total. The summed E-state index contributed by atoms with van der Waals surface area (Å²) in [4.78, 5) is 18.7. The zero-order valence-corrected chi connectivity index (χ0v) is 12.6. The van der Waals surface area contributed by atoms with Crippen LogP contribution < -0.4 is 5.32 Å². The number of carbonyl (C=O) groups excluding carboxylic acids is 1. The molecule has 1 aliphatic rings. The third-order valence-electron chi connectivity index (χ3n) is 2.94. The van der Waals surface area contributed by atoms with Crippen LogP contribution in [-0.4, -0.2) is 48.6 Å². The molecule has 6 heteroatoms. The Morgan fingerprint density at radius 1 is 1.53 bits per heavy atom. The molecule has 1 aliphatic heterocycles. The topological polar surface area (TPSA) is 54.5 Å². The van der Waals surface area contributed by atoms with Crippen molar-refractivity contribution in [2.75, 3.05) is 38.2 Å². The van der Waals surface area contributed by atoms with Gasteiger partial charge in [-0.2, -0.15) is 0 Å². The molecule has 0 bridgehead atoms. The van der Waals surface area contributed by atoms with Crippen molar-refractivity contribution in [1.29, 1.82) is 0 Å². The second kappa shape index (κ2) is 6.86. The van der Waals surface area contributed by atoms with E-state index in [-0.39, 0.29) is 5.91 Å². The van der Waals surface area contributed by atoms with Gasteiger partial charge in [0, 0.05) is 36.9 Å². The van der Waals surface area contributed by atoms with Crippen molar-refractivity contribution in [3.8, 4) is 0 Å². The molecule has 5 nitrogen and oxygen atoms in total. The number of amides is 1. The number of nitrogens with one attached hydrogen (secondary N) is 1. The fourth-order valence-electron chi connectivity index (χ4n) is 2.03. The van der Waals surface area contributed by atoms with E-state index in [0.29, 0.717) is 24.5 Å². The van der Waals surface area contributed by atoms with Gasteiger partial charge in [0.2, 0.25) is 0 Å². The Kier molecular flexibility index (Phi) is 5.15. The number of pyridine rings is 1. The minimum Gasteiger partial charge on any atom is -0.380 e. The number of halogens is 1. The maximum absolute atomic E-state index is 12.6. The van der Waals surface area contributed by atoms with E-state index in [4.69, 9.17) is 4.74 Å². The zero-order valence-electron chi connectivity index (χ0n) is 11.0. The number of hydrogen-bond acceptors (Lipinski definition) is 4. The molecule has 19 heavy (non-hydrogen) atoms. The molecule has 0 atom stereocenters. The number of aromatic nitrogens is 1. The van der Waals surface area contributed by atoms with Crippen LogP contribution in [0.4, 0.5) is 5.82 Å². The van der Waals surface area contributed by atoms with Crippen molar-refractivity contribution in [3.63, 3.8) is 0 Å². The van der Waals surface area contributed by atoms with Crippen LogP contribution in [0.15, 0.2) is 16.7 Å². The second-order valence-electron chi connectivity index (χ2n) is 4.34. The van der Waals surface area contributed by atoms with Gasteiger partial charge in [0.05, 0.1) is 12.2 Å². The lowest BCUT2D eigenvalue weighted by atomic mass is 10.2. The van der Waals surface area contributed by atoms with Crippen LogP contribution in [0.25, 0.3) is 0 Å². The first-order chi connectivity index (χ1) is 9.22. The van der Waals surface area contributed by atoms with E-state index in [1.807, 2.05) is 17.9 Å². The first-order valence-corrected chi connectivity index (χ1v) is 7.28. The van der Waals surface area contributed by atoms with Gasteiger partial charge in [-0.05, 0) is 35.3 Å². The van der Waals surface area contributed by atoms with Gasteiger partial charge >= 0.3 is 0 Å². The monoisotopic (exact) mass is 327 g/mol. The fraction of sp³-hybridized carbons (Fsp3) is 0.538. The van der Waals surface area contributed by atoms with Gasteiger partial charge in [-0.3, -0.25) is 4.79 Å². The summed E-state index contributed by atoms with van der Waals surface area (Å²) in [7, 11) is 0. The van der Waals surface area contributed by atoms with Crippen LogP contribution in [0.1, 0.15) is 23.7 Å². The lowest BCUT2D eigenvalue weighted by molar-refractivity contribution is 0.0742. The largest absolute Gasteiger partial charge is 0.380 e. The van der Waals surface area contributed by atoms with E-state index >= 15 is 0 Å². The lowest BCUT2D eigenvalue weighted by Gasteiger charge is -2.21. The van der Waals surface area contributed by atoms with Crippen molar-refractivity contribution >= 4 is 27.7 Å². The second-order valence-corrected chi connectivity index (χ2v) is 5.25. The zero-order chi connectivity index (χ0) is 13.7. The average molecular weight is 328 g/mol. The Balaban J connectivity index is 2.23. The van der Waals surface area contributed by atoms with Crippen LogP contribution in [-0.2, 0) is 4.74 Å². The summed E-state index contributed by atoms with van der Waals surface area (Å²) in [6.45, 7) is 5.41. The van der Waals surface area contributed by atoms with Crippen molar-refractivity contribution in [3.05, 3.63) is 22.3 Å². The van der Waals surface area contributed by atoms with Crippen LogP contribution in [0, 0.1) is 0 Å². The molecule has 0 radical (unpaired) electrons. The maximum atomic E-state index is 12.6. The SMILES string of the molecule is CCNc1ncc(Br)cc1C(=O)N1CCCOCC1. The molecule has 1 saturated heterocycles. The standard InChI is InChI=1S/C13H18BrN3O2/c1-2-15-12-11(8-10(14)9-16-12)13(18)17-4-3-6-19-7-5-17/h8-9H,2-7H2,1H3,(H,15,16). The van der Waals surface area contributed by atoms with Crippen LogP contribution >= 0.6 is 15.9 Å². The molecule has 2 rings (SSSR count). The van der Waals surface area contributed by atoms with E-state index < -0.39 is 0 Å². The minimum atomic E-state index is 0.00949. The highest BCUT2D eigenvalue weighted by Crippen LogP contribution is 2.20. The minimum absolute atomic E-state index is 0.00949. The van der Waals surface area contributed by atoms with Gasteiger partial charge in [-0.1, -0.05) is 0 Å². The van der Waals surface area contributed by atoms with Gasteiger partial charge in [-0.15, -0.1) is 0 Å². The van der Waals surface area contributed by atoms with Crippen molar-refractivity contribution in [2.24, 2.45) is 0 Å². The number of anilines is 1. The van der Waals surface area contributed by atoms with E-state index in [2.05, 4.69) is 26.2 Å². The molecular formula is C13H18BrN3O2. The van der Waals surface area contributed by atoms with Crippen molar-refractivity contribution < 1.29 is 9.53 Å². The predicted molar refractivity (Wildman–Crippen MR) is 77.4 cm³/mol. The van der Waals surface area contributed by atoms with Gasteiger partial charge in [0.1, 0.15) is 5.82 Å². The van der Waals surface area contributed by atoms with Gasteiger partial charge < -0.3 is 15.0 Å². The normalized spacial score (nSPS) is 16.0. The van der Waals surface area contributed by atoms with Crippen molar-refractivity contribution in [2.45, 2.75) is 13.3 Å². The molecule has 0 spiro atoms. The highest BCUT2D eigenvalue weighted by Gasteiger charge is 2.21. The Labute approximate surface area is 121 Å². The van der Waals surface area contributed by atoms with Gasteiger partial charge in [0.15, 0.2) is 0 Å². The summed E-state index contributed by atoms with van der Waals surface area (Å²) in [5, 5.41) is 3.13. The number of rotatable bonds is 3. The summed E-state index contributed by atoms with van der Waals surface area (Å²) in [5.74, 6) is 0.649. The number of nitrogens with zero attached hydrogens (tertiary/aromatic N) is 2. The Morgan fingerprint density at radius 3 is 3.16 bits per heavy atom. The Bertz CT molecular complexity index is 446. The van der Waals surface area contributed by atoms with Gasteiger partial charge in [-0.25, -0.2) is 4.98 Å². The van der Waals surface area contributed by atoms with Crippen LogP contribution in [0.5, 0.6) is 0 Å². The first kappa shape index (κ1) is 14.3. The molecule has 1 aromatic heterocycles. The third-order valence-corrected chi connectivity index (χ3v) is 3.37. The maximum Gasteiger partial charge on any atom is 0.257 e. The molecule has 1 amide bonds. The average Bonchev–Trinajstić information content (AvgIpc) is 2.69. The fourth-order valence-corrected chi connectivity index (χ4v) is 2.36. The molecule has 0 aliphatic carbocycles. The number of ether oxygens (including phenoxy) is 1. The van der Waals surface area contributed by atoms with E-state index in [1.165, 1.54) is 0 Å². The number of hydrogen-bond donors (Lipinski definition) is 1. The smallest absolute Gasteiger partial charge is 0.257 e. The van der Waals surface area contributed by atoms with Crippen LogP contribution in [0.2, 0.25) is 0 Å². The molecule has 0 saturated carbocycles. The molecule has 0 aromatic carbocycles. The lowest BCUT2D eigenvalue weighted by Crippen LogP contribution is -2.33. The van der Waals surface area contributed by atoms with Crippen LogP contribution in [0.3, 0.4) is 0 Å². The molecular weight excluding hydrogens is 310 g/mol. The van der Waals surface area contributed by atoms with E-state index in [0.717, 1.165) is 30.6 Å². The molecule has 104 valence electrons. The predicted octanol–water partition coefficient (Wildman–Crippen LogP) is 2.14. The first-order valence-electron chi connectivity index (χ1n) is 6.49. The summed E-state index contributed by atoms with van der Waals surface area (Å²) in [6.07, 6.45) is 2.57. The number of carbonyl (C=O) groups is 1. The summed E-state index contributed by atoms with van der Waals surface area (Å²) in [6, 6.07) is 1.82. The molecule has 1 fully saturated rings. The summed E-state index contributed by atoms with van der Waals surface area (Å²) < 4.78 is 6.19. The van der Waals surface area contributed by atoms with Gasteiger partial charge in [0.25, 0.3) is 5.91 Å². The molecule has 0 unspecified atom stereocenters. The summed E-state index contributed by atoms with van der Waals surface area (Å²) >= 11 is 3.37. The Hall–Kier alpha value is -1.14. The highest BCUT2D eigenvalue weighted by molar-refractivity contribution is 9.10. The highest BCUT2D eigenvalue weighted by atomic mass is 79.9. The quantitative estimate of drug-likeness (QED) is 0.924.